The Morgan fingerprint density at radius 3 is 2.27 bits per heavy atom. The molecule has 2 aliphatic rings. The number of ether oxygens (including phenoxy) is 2. The third-order valence-electron chi connectivity index (χ3n) is 7.83. The molecule has 3 heterocycles. The molecule has 2 amide bonds. The van der Waals surface area contributed by atoms with Gasteiger partial charge >= 0.3 is 0 Å². The summed E-state index contributed by atoms with van der Waals surface area (Å²) in [6.07, 6.45) is 0. The molecule has 1 spiro atoms. The average Bonchev–Trinajstić information content (AvgIpc) is 3.54. The van der Waals surface area contributed by atoms with E-state index in [4.69, 9.17) is 37.7 Å². The molecule has 10 heteroatoms. The standard InChI is InChI=1S/C31H28Cl2N4O4/c1-15(2)36-27-26(35-28(36)20-11-17(4)24(40-5)14-25(20)41-6)29(38)37(23-13-19(33)8-7-16(23)3)31(27)21-10-9-18(32)12-22(21)34-30(31)39/h7-15H,1-6H3,(H,34,39)/t31-/m0/s1. The van der Waals surface area contributed by atoms with Crippen molar-refractivity contribution in [3.8, 4) is 22.9 Å². The van der Waals surface area contributed by atoms with Crippen LogP contribution in [0.2, 0.25) is 10.0 Å². The summed E-state index contributed by atoms with van der Waals surface area (Å²) in [4.78, 5) is 35.4. The van der Waals surface area contributed by atoms with E-state index in [0.717, 1.165) is 11.1 Å². The van der Waals surface area contributed by atoms with Gasteiger partial charge in [0, 0.05) is 33.4 Å². The number of aromatic nitrogens is 2. The van der Waals surface area contributed by atoms with Crippen LogP contribution in [0.1, 0.15) is 52.8 Å². The minimum absolute atomic E-state index is 0.182. The molecule has 0 saturated carbocycles. The molecule has 3 aromatic carbocycles. The number of carbonyl (C=O) groups is 2. The van der Waals surface area contributed by atoms with Crippen LogP contribution in [0.5, 0.6) is 11.5 Å². The van der Waals surface area contributed by atoms with E-state index in [9.17, 15) is 9.59 Å². The molecular weight excluding hydrogens is 563 g/mol. The lowest BCUT2D eigenvalue weighted by Crippen LogP contribution is -2.51. The summed E-state index contributed by atoms with van der Waals surface area (Å²) in [5.41, 5.74) is 3.08. The van der Waals surface area contributed by atoms with Crippen LogP contribution in [-0.4, -0.2) is 35.6 Å². The van der Waals surface area contributed by atoms with Crippen LogP contribution in [0.3, 0.4) is 0 Å². The largest absolute Gasteiger partial charge is 0.496 e. The number of halogens is 2. The maximum absolute atomic E-state index is 14.5. The normalized spacial score (nSPS) is 17.3. The highest BCUT2D eigenvalue weighted by Gasteiger charge is 2.64. The summed E-state index contributed by atoms with van der Waals surface area (Å²) < 4.78 is 13.2. The molecule has 1 aromatic heterocycles. The number of benzene rings is 3. The molecule has 0 radical (unpaired) electrons. The van der Waals surface area contributed by atoms with E-state index in [0.29, 0.717) is 55.6 Å². The summed E-state index contributed by atoms with van der Waals surface area (Å²) in [6, 6.07) is 14.0. The monoisotopic (exact) mass is 590 g/mol. The first kappa shape index (κ1) is 27.2. The molecule has 8 nitrogen and oxygen atoms in total. The highest BCUT2D eigenvalue weighted by Crippen LogP contribution is 2.55. The third-order valence-corrected chi connectivity index (χ3v) is 8.30. The number of hydrogen-bond acceptors (Lipinski definition) is 5. The lowest BCUT2D eigenvalue weighted by Gasteiger charge is -2.36. The van der Waals surface area contributed by atoms with Gasteiger partial charge in [-0.2, -0.15) is 0 Å². The van der Waals surface area contributed by atoms with Crippen LogP contribution in [0.15, 0.2) is 48.5 Å². The van der Waals surface area contributed by atoms with Gasteiger partial charge in [-0.3, -0.25) is 14.5 Å². The zero-order chi connectivity index (χ0) is 29.4. The molecule has 6 rings (SSSR count). The second kappa shape index (κ2) is 9.53. The summed E-state index contributed by atoms with van der Waals surface area (Å²) >= 11 is 12.8. The molecule has 210 valence electrons. The topological polar surface area (TPSA) is 85.7 Å². The first-order valence-corrected chi connectivity index (χ1v) is 13.9. The smallest absolute Gasteiger partial charge is 0.280 e. The van der Waals surface area contributed by atoms with Crippen molar-refractivity contribution >= 4 is 46.4 Å². The van der Waals surface area contributed by atoms with Crippen LogP contribution in [-0.2, 0) is 10.3 Å². The molecule has 2 aliphatic heterocycles. The van der Waals surface area contributed by atoms with E-state index < -0.39 is 11.4 Å². The summed E-state index contributed by atoms with van der Waals surface area (Å²) in [5, 5.41) is 3.90. The van der Waals surface area contributed by atoms with Gasteiger partial charge in [-0.1, -0.05) is 35.3 Å². The van der Waals surface area contributed by atoms with Gasteiger partial charge in [-0.25, -0.2) is 4.98 Å². The van der Waals surface area contributed by atoms with Gasteiger partial charge in [0.2, 0.25) is 0 Å². The summed E-state index contributed by atoms with van der Waals surface area (Å²) in [7, 11) is 3.17. The van der Waals surface area contributed by atoms with Gasteiger partial charge in [0.15, 0.2) is 11.2 Å². The predicted octanol–water partition coefficient (Wildman–Crippen LogP) is 6.93. The molecule has 0 saturated heterocycles. The predicted molar refractivity (Wildman–Crippen MR) is 160 cm³/mol. The molecule has 41 heavy (non-hydrogen) atoms. The first-order valence-electron chi connectivity index (χ1n) is 13.1. The Balaban J connectivity index is 1.74. The van der Waals surface area contributed by atoms with Crippen molar-refractivity contribution in [1.82, 2.24) is 9.55 Å². The van der Waals surface area contributed by atoms with E-state index in [1.165, 1.54) is 4.90 Å². The Kier molecular flexibility index (Phi) is 6.32. The summed E-state index contributed by atoms with van der Waals surface area (Å²) in [5.74, 6) is 0.917. The quantitative estimate of drug-likeness (QED) is 0.272. The van der Waals surface area contributed by atoms with Gasteiger partial charge < -0.3 is 19.4 Å². The number of hydrogen-bond donors (Lipinski definition) is 1. The van der Waals surface area contributed by atoms with Crippen molar-refractivity contribution in [3.63, 3.8) is 0 Å². The van der Waals surface area contributed by atoms with Gasteiger partial charge in [0.25, 0.3) is 11.8 Å². The van der Waals surface area contributed by atoms with E-state index in [1.807, 2.05) is 44.4 Å². The van der Waals surface area contributed by atoms with Crippen molar-refractivity contribution in [2.75, 3.05) is 24.4 Å². The molecular formula is C31H28Cl2N4O4. The fraction of sp³-hybridized carbons (Fsp3) is 0.258. The zero-order valence-electron chi connectivity index (χ0n) is 23.4. The van der Waals surface area contributed by atoms with E-state index in [2.05, 4.69) is 5.32 Å². The van der Waals surface area contributed by atoms with Crippen molar-refractivity contribution in [1.29, 1.82) is 0 Å². The highest BCUT2D eigenvalue weighted by atomic mass is 35.5. The Morgan fingerprint density at radius 1 is 0.902 bits per heavy atom. The fourth-order valence-corrected chi connectivity index (χ4v) is 6.40. The van der Waals surface area contributed by atoms with Gasteiger partial charge in [0.05, 0.1) is 31.2 Å². The maximum Gasteiger partial charge on any atom is 0.280 e. The molecule has 1 atom stereocenters. The third kappa shape index (κ3) is 3.70. The van der Waals surface area contributed by atoms with Crippen molar-refractivity contribution < 1.29 is 19.1 Å². The molecule has 0 unspecified atom stereocenters. The number of anilines is 2. The second-order valence-electron chi connectivity index (χ2n) is 10.5. The SMILES string of the molecule is COc1cc(OC)c(-c2nc3c(n2C(C)C)[C@@]2(C(=O)Nc4cc(Cl)ccc42)N(c2cc(Cl)ccc2C)C3=O)cc1C. The number of methoxy groups -OCH3 is 2. The van der Waals surface area contributed by atoms with E-state index in [-0.39, 0.29) is 17.6 Å². The maximum atomic E-state index is 14.5. The Hall–Kier alpha value is -4.01. The molecule has 0 bridgehead atoms. The number of rotatable bonds is 5. The lowest BCUT2D eigenvalue weighted by atomic mass is 9.86. The number of fused-ring (bicyclic) bond motifs is 4. The highest BCUT2D eigenvalue weighted by molar-refractivity contribution is 6.32. The average molecular weight is 591 g/mol. The lowest BCUT2D eigenvalue weighted by molar-refractivity contribution is -0.119. The van der Waals surface area contributed by atoms with Gasteiger partial charge in [-0.05, 0) is 69.2 Å². The van der Waals surface area contributed by atoms with Crippen molar-refractivity contribution in [3.05, 3.63) is 86.7 Å². The minimum atomic E-state index is -1.56. The van der Waals surface area contributed by atoms with Gasteiger partial charge in [0.1, 0.15) is 17.3 Å². The van der Waals surface area contributed by atoms with Crippen LogP contribution in [0.25, 0.3) is 11.4 Å². The number of nitrogens with zero attached hydrogens (tertiary/aromatic N) is 3. The molecule has 4 aromatic rings. The van der Waals surface area contributed by atoms with E-state index in [1.54, 1.807) is 50.6 Å². The van der Waals surface area contributed by atoms with Crippen molar-refractivity contribution in [2.45, 2.75) is 39.3 Å². The van der Waals surface area contributed by atoms with Gasteiger partial charge in [-0.15, -0.1) is 0 Å². The van der Waals surface area contributed by atoms with Crippen LogP contribution in [0, 0.1) is 13.8 Å². The molecule has 1 N–H and O–H groups in total. The molecule has 0 fully saturated rings. The van der Waals surface area contributed by atoms with Crippen LogP contribution in [0.4, 0.5) is 11.4 Å². The number of aryl methyl sites for hydroxylation is 2. The number of amides is 2. The van der Waals surface area contributed by atoms with Crippen LogP contribution >= 0.6 is 23.2 Å². The Morgan fingerprint density at radius 2 is 1.59 bits per heavy atom. The summed E-state index contributed by atoms with van der Waals surface area (Å²) in [6.45, 7) is 7.80. The Labute approximate surface area is 247 Å². The molecule has 0 aliphatic carbocycles. The second-order valence-corrected chi connectivity index (χ2v) is 11.4. The number of nitrogens with one attached hydrogen (secondary N) is 1. The number of carbonyl (C=O) groups excluding carboxylic acids is 2. The van der Waals surface area contributed by atoms with Crippen molar-refractivity contribution in [2.24, 2.45) is 0 Å². The van der Waals surface area contributed by atoms with E-state index >= 15 is 0 Å². The Bertz CT molecular complexity index is 1780. The van der Waals surface area contributed by atoms with Crippen LogP contribution < -0.4 is 19.7 Å². The number of imidazole rings is 1. The zero-order valence-corrected chi connectivity index (χ0v) is 24.9. The first-order chi connectivity index (χ1) is 19.5. The fourth-order valence-electron chi connectivity index (χ4n) is 6.06. The minimum Gasteiger partial charge on any atom is -0.496 e.